The zero-order chi connectivity index (χ0) is 22.0. The van der Waals surface area contributed by atoms with E-state index >= 15 is 0 Å². The molecule has 7 heteroatoms. The van der Waals surface area contributed by atoms with Crippen LogP contribution in [0.25, 0.3) is 11.0 Å². The zero-order valence-corrected chi connectivity index (χ0v) is 17.4. The Morgan fingerprint density at radius 1 is 1.13 bits per heavy atom. The molecular weight excluding hydrogens is 398 g/mol. The van der Waals surface area contributed by atoms with Gasteiger partial charge in [0.25, 0.3) is 5.91 Å². The van der Waals surface area contributed by atoms with Crippen LogP contribution < -0.4 is 0 Å². The highest BCUT2D eigenvalue weighted by Gasteiger charge is 2.35. The highest BCUT2D eigenvalue weighted by atomic mass is 16.5. The van der Waals surface area contributed by atoms with E-state index in [4.69, 9.17) is 13.9 Å². The topological polar surface area (TPSA) is 86.0 Å². The molecule has 1 aromatic heterocycles. The third kappa shape index (κ3) is 4.30. The number of ether oxygens (including phenoxy) is 2. The van der Waals surface area contributed by atoms with Crippen LogP contribution in [-0.4, -0.2) is 42.5 Å². The van der Waals surface area contributed by atoms with E-state index < -0.39 is 30.5 Å². The SMILES string of the molecule is COC(=O)[C@@H]1Cc2ccccc2CN1C(=O)COC(=O)Cc1coc2cc(C)ccc12. The smallest absolute Gasteiger partial charge is 0.328 e. The summed E-state index contributed by atoms with van der Waals surface area (Å²) in [5, 5.41) is 0.840. The number of aryl methyl sites for hydroxylation is 1. The van der Waals surface area contributed by atoms with Crippen molar-refractivity contribution in [2.24, 2.45) is 0 Å². The predicted molar refractivity (Wildman–Crippen MR) is 112 cm³/mol. The van der Waals surface area contributed by atoms with E-state index in [0.29, 0.717) is 17.6 Å². The van der Waals surface area contributed by atoms with Gasteiger partial charge < -0.3 is 18.8 Å². The first kappa shape index (κ1) is 20.7. The Morgan fingerprint density at radius 3 is 2.68 bits per heavy atom. The van der Waals surface area contributed by atoms with E-state index in [1.165, 1.54) is 18.3 Å². The third-order valence-electron chi connectivity index (χ3n) is 5.54. The van der Waals surface area contributed by atoms with E-state index in [-0.39, 0.29) is 13.0 Å². The summed E-state index contributed by atoms with van der Waals surface area (Å²) in [6.45, 7) is 1.78. The molecule has 160 valence electrons. The van der Waals surface area contributed by atoms with Crippen LogP contribution in [0, 0.1) is 6.92 Å². The number of fused-ring (bicyclic) bond motifs is 2. The molecule has 3 aromatic rings. The molecule has 7 nitrogen and oxygen atoms in total. The van der Waals surface area contributed by atoms with Gasteiger partial charge in [-0.1, -0.05) is 36.4 Å². The molecule has 0 saturated carbocycles. The number of esters is 2. The monoisotopic (exact) mass is 421 g/mol. The molecule has 4 rings (SSSR count). The van der Waals surface area contributed by atoms with Crippen LogP contribution in [0.1, 0.15) is 22.3 Å². The van der Waals surface area contributed by atoms with Crippen molar-refractivity contribution in [3.8, 4) is 0 Å². The first-order valence-electron chi connectivity index (χ1n) is 10.0. The Labute approximate surface area is 179 Å². The van der Waals surface area contributed by atoms with E-state index in [2.05, 4.69) is 0 Å². The van der Waals surface area contributed by atoms with E-state index in [1.807, 2.05) is 49.4 Å². The van der Waals surface area contributed by atoms with Crippen molar-refractivity contribution in [2.75, 3.05) is 13.7 Å². The minimum Gasteiger partial charge on any atom is -0.467 e. The van der Waals surface area contributed by atoms with Gasteiger partial charge in [-0.25, -0.2) is 4.79 Å². The Bertz CT molecular complexity index is 1150. The van der Waals surface area contributed by atoms with Gasteiger partial charge >= 0.3 is 11.9 Å². The van der Waals surface area contributed by atoms with Gasteiger partial charge in [-0.15, -0.1) is 0 Å². The maximum absolute atomic E-state index is 12.8. The molecular formula is C24H23NO6. The highest BCUT2D eigenvalue weighted by molar-refractivity contribution is 5.89. The second-order valence-electron chi connectivity index (χ2n) is 7.63. The molecule has 0 unspecified atom stereocenters. The Balaban J connectivity index is 1.42. The number of rotatable bonds is 5. The van der Waals surface area contributed by atoms with Crippen molar-refractivity contribution >= 4 is 28.8 Å². The molecule has 2 heterocycles. The maximum atomic E-state index is 12.8. The minimum absolute atomic E-state index is 0.00734. The van der Waals surface area contributed by atoms with Gasteiger partial charge in [0.2, 0.25) is 0 Å². The minimum atomic E-state index is -0.743. The molecule has 0 N–H and O–H groups in total. The number of benzene rings is 2. The molecule has 0 aliphatic carbocycles. The van der Waals surface area contributed by atoms with Crippen molar-refractivity contribution < 1.29 is 28.3 Å². The molecule has 0 saturated heterocycles. The lowest BCUT2D eigenvalue weighted by Gasteiger charge is -2.35. The van der Waals surface area contributed by atoms with E-state index in [1.54, 1.807) is 0 Å². The summed E-state index contributed by atoms with van der Waals surface area (Å²) in [6.07, 6.45) is 1.89. The van der Waals surface area contributed by atoms with Gasteiger partial charge in [0, 0.05) is 23.9 Å². The standard InChI is InChI=1S/C24H23NO6/c1-15-7-8-19-18(13-30-21(19)9-15)11-23(27)31-14-22(26)25-12-17-6-4-3-5-16(17)10-20(25)24(28)29-2/h3-9,13,20H,10-12,14H2,1-2H3/t20-/m0/s1. The highest BCUT2D eigenvalue weighted by Crippen LogP contribution is 2.25. The number of hydrogen-bond donors (Lipinski definition) is 0. The fraction of sp³-hybridized carbons (Fsp3) is 0.292. The molecule has 0 fully saturated rings. The van der Waals surface area contributed by atoms with Crippen LogP contribution in [-0.2, 0) is 43.2 Å². The summed E-state index contributed by atoms with van der Waals surface area (Å²) in [5.41, 5.74) is 4.42. The van der Waals surface area contributed by atoms with Crippen molar-refractivity contribution in [1.82, 2.24) is 4.90 Å². The molecule has 31 heavy (non-hydrogen) atoms. The maximum Gasteiger partial charge on any atom is 0.328 e. The van der Waals surface area contributed by atoms with Crippen molar-refractivity contribution in [3.05, 3.63) is 71.0 Å². The fourth-order valence-electron chi connectivity index (χ4n) is 3.89. The van der Waals surface area contributed by atoms with Crippen LogP contribution in [0.15, 0.2) is 53.1 Å². The third-order valence-corrected chi connectivity index (χ3v) is 5.54. The summed E-state index contributed by atoms with van der Waals surface area (Å²) in [7, 11) is 1.29. The average Bonchev–Trinajstić information content (AvgIpc) is 3.17. The summed E-state index contributed by atoms with van der Waals surface area (Å²) >= 11 is 0. The molecule has 1 aliphatic rings. The van der Waals surface area contributed by atoms with E-state index in [0.717, 1.165) is 22.1 Å². The number of carbonyl (C=O) groups is 3. The van der Waals surface area contributed by atoms with Crippen LogP contribution >= 0.6 is 0 Å². The fourth-order valence-corrected chi connectivity index (χ4v) is 3.89. The molecule has 0 spiro atoms. The van der Waals surface area contributed by atoms with Gasteiger partial charge in [0.15, 0.2) is 6.61 Å². The number of hydrogen-bond acceptors (Lipinski definition) is 6. The lowest BCUT2D eigenvalue weighted by molar-refractivity contribution is -0.159. The summed E-state index contributed by atoms with van der Waals surface area (Å²) in [5.74, 6) is -1.47. The lowest BCUT2D eigenvalue weighted by Crippen LogP contribution is -2.50. The molecule has 0 radical (unpaired) electrons. The summed E-state index contributed by atoms with van der Waals surface area (Å²) < 4.78 is 15.6. The lowest BCUT2D eigenvalue weighted by atomic mass is 9.94. The van der Waals surface area contributed by atoms with Gasteiger partial charge in [0.1, 0.15) is 11.6 Å². The van der Waals surface area contributed by atoms with Crippen molar-refractivity contribution in [3.63, 3.8) is 0 Å². The number of methoxy groups -OCH3 is 1. The van der Waals surface area contributed by atoms with Crippen molar-refractivity contribution in [2.45, 2.75) is 32.4 Å². The largest absolute Gasteiger partial charge is 0.467 e. The molecule has 1 aliphatic heterocycles. The van der Waals surface area contributed by atoms with Crippen LogP contribution in [0.5, 0.6) is 0 Å². The number of amides is 1. The second-order valence-corrected chi connectivity index (χ2v) is 7.63. The van der Waals surface area contributed by atoms with Gasteiger partial charge in [0.05, 0.1) is 19.8 Å². The van der Waals surface area contributed by atoms with Gasteiger partial charge in [-0.2, -0.15) is 0 Å². The summed E-state index contributed by atoms with van der Waals surface area (Å²) in [4.78, 5) is 38.8. The predicted octanol–water partition coefficient (Wildman–Crippen LogP) is 2.95. The molecule has 1 amide bonds. The Morgan fingerprint density at radius 2 is 1.90 bits per heavy atom. The molecule has 0 bridgehead atoms. The van der Waals surface area contributed by atoms with Crippen LogP contribution in [0.2, 0.25) is 0 Å². The first-order chi connectivity index (χ1) is 15.0. The van der Waals surface area contributed by atoms with Crippen LogP contribution in [0.3, 0.4) is 0 Å². The summed E-state index contributed by atoms with van der Waals surface area (Å²) in [6, 6.07) is 12.6. The number of nitrogens with zero attached hydrogens (tertiary/aromatic N) is 1. The molecule has 1 atom stereocenters. The van der Waals surface area contributed by atoms with Crippen molar-refractivity contribution in [1.29, 1.82) is 0 Å². The first-order valence-corrected chi connectivity index (χ1v) is 10.0. The Kier molecular flexibility index (Phi) is 5.75. The van der Waals surface area contributed by atoms with Crippen LogP contribution in [0.4, 0.5) is 0 Å². The second kappa shape index (κ2) is 8.63. The van der Waals surface area contributed by atoms with Gasteiger partial charge in [-0.05, 0) is 29.7 Å². The number of carbonyl (C=O) groups excluding carboxylic acids is 3. The number of furan rings is 1. The van der Waals surface area contributed by atoms with Gasteiger partial charge in [-0.3, -0.25) is 9.59 Å². The Hall–Kier alpha value is -3.61. The zero-order valence-electron chi connectivity index (χ0n) is 17.4. The average molecular weight is 421 g/mol. The normalized spacial score (nSPS) is 15.4. The van der Waals surface area contributed by atoms with E-state index in [9.17, 15) is 14.4 Å². The quantitative estimate of drug-likeness (QED) is 0.589. The molecule has 2 aromatic carbocycles.